The zero-order chi connectivity index (χ0) is 17.8. The summed E-state index contributed by atoms with van der Waals surface area (Å²) in [5.41, 5.74) is 0. The van der Waals surface area contributed by atoms with Crippen LogP contribution in [0.25, 0.3) is 0 Å². The second-order valence-electron chi connectivity index (χ2n) is 4.57. The fraction of sp³-hybridized carbons (Fsp3) is 1.00. The molecule has 0 aromatic carbocycles. The second-order valence-corrected chi connectivity index (χ2v) is 4.57. The first-order valence-corrected chi connectivity index (χ1v) is 5.35. The summed E-state index contributed by atoms with van der Waals surface area (Å²) in [6, 6.07) is 0. The van der Waals surface area contributed by atoms with Crippen LogP contribution in [0.5, 0.6) is 0 Å². The molecule has 0 aromatic heterocycles. The van der Waals surface area contributed by atoms with E-state index in [0.717, 1.165) is 0 Å². The van der Waals surface area contributed by atoms with Crippen LogP contribution < -0.4 is 0 Å². The highest BCUT2D eigenvalue weighted by atomic mass is 19.4. The van der Waals surface area contributed by atoms with Gasteiger partial charge < -0.3 is 0 Å². The quantitative estimate of drug-likeness (QED) is 0.676. The second kappa shape index (κ2) is 4.82. The van der Waals surface area contributed by atoms with Gasteiger partial charge >= 0.3 is 30.2 Å². The third-order valence-corrected chi connectivity index (χ3v) is 2.72. The predicted octanol–water partition coefficient (Wildman–Crippen LogP) is 4.55. The molecule has 13 heteroatoms. The minimum absolute atomic E-state index is 0.315. The van der Waals surface area contributed by atoms with Crippen molar-refractivity contribution in [2.75, 3.05) is 0 Å². The van der Waals surface area contributed by atoms with Crippen LogP contribution in [0.4, 0.5) is 48.3 Å². The van der Waals surface area contributed by atoms with Gasteiger partial charge in [0.1, 0.15) is 0 Å². The molecular formula is C9H7F11O2. The molecule has 1 aliphatic rings. The fourth-order valence-corrected chi connectivity index (χ4v) is 1.56. The van der Waals surface area contributed by atoms with Gasteiger partial charge in [0.2, 0.25) is 0 Å². The van der Waals surface area contributed by atoms with E-state index >= 15 is 0 Å². The number of hydrogen-bond donors (Lipinski definition) is 0. The molecule has 0 saturated carbocycles. The van der Waals surface area contributed by atoms with E-state index in [1.54, 1.807) is 0 Å². The van der Waals surface area contributed by atoms with E-state index in [1.807, 2.05) is 0 Å². The van der Waals surface area contributed by atoms with Crippen molar-refractivity contribution >= 4 is 0 Å². The van der Waals surface area contributed by atoms with Crippen LogP contribution in [-0.4, -0.2) is 36.0 Å². The molecule has 0 amide bonds. The lowest BCUT2D eigenvalue weighted by atomic mass is 9.99. The van der Waals surface area contributed by atoms with Gasteiger partial charge in [-0.05, 0) is 0 Å². The summed E-state index contributed by atoms with van der Waals surface area (Å²) in [6.45, 7) is -0.315. The molecule has 0 radical (unpaired) electrons. The van der Waals surface area contributed by atoms with Gasteiger partial charge in [-0.25, -0.2) is 8.78 Å². The molecule has 1 saturated heterocycles. The number of hydrogen-bond acceptors (Lipinski definition) is 2. The molecule has 2 nitrogen and oxygen atoms in total. The molecule has 0 bridgehead atoms. The van der Waals surface area contributed by atoms with E-state index in [-0.39, 0.29) is 6.92 Å². The highest BCUT2D eigenvalue weighted by Gasteiger charge is 2.83. The Morgan fingerprint density at radius 1 is 0.818 bits per heavy atom. The van der Waals surface area contributed by atoms with Crippen molar-refractivity contribution in [1.82, 2.24) is 0 Å². The van der Waals surface area contributed by atoms with Gasteiger partial charge in [0, 0.05) is 19.8 Å². The average Bonchev–Trinajstić information content (AvgIpc) is 2.20. The van der Waals surface area contributed by atoms with Gasteiger partial charge in [0.25, 0.3) is 5.85 Å². The summed E-state index contributed by atoms with van der Waals surface area (Å²) in [4.78, 5) is 0. The predicted molar refractivity (Wildman–Crippen MR) is 45.7 cm³/mol. The molecule has 0 aliphatic carbocycles. The molecule has 3 unspecified atom stereocenters. The Bertz CT molecular complexity index is 428. The van der Waals surface area contributed by atoms with Crippen LogP contribution in [0.1, 0.15) is 19.8 Å². The summed E-state index contributed by atoms with van der Waals surface area (Å²) in [6.07, 6.45) is -22.3. The molecule has 3 atom stereocenters. The van der Waals surface area contributed by atoms with Gasteiger partial charge in [-0.2, -0.15) is 39.5 Å². The van der Waals surface area contributed by atoms with Gasteiger partial charge in [-0.1, -0.05) is 0 Å². The zero-order valence-electron chi connectivity index (χ0n) is 10.4. The summed E-state index contributed by atoms with van der Waals surface area (Å²) in [7, 11) is 0. The Morgan fingerprint density at radius 2 is 1.27 bits per heavy atom. The van der Waals surface area contributed by atoms with Crippen molar-refractivity contribution in [2.24, 2.45) is 0 Å². The van der Waals surface area contributed by atoms with Crippen LogP contribution in [0.2, 0.25) is 0 Å². The topological polar surface area (TPSA) is 18.5 Å². The Hall–Kier alpha value is -0.850. The van der Waals surface area contributed by atoms with Gasteiger partial charge in [0.15, 0.2) is 0 Å². The minimum Gasteiger partial charge on any atom is -0.296 e. The van der Waals surface area contributed by atoms with Crippen LogP contribution in [0.3, 0.4) is 0 Å². The maximum Gasteiger partial charge on any atom is 0.454 e. The van der Waals surface area contributed by atoms with Crippen molar-refractivity contribution in [1.29, 1.82) is 0 Å². The minimum atomic E-state index is -6.56. The zero-order valence-corrected chi connectivity index (χ0v) is 10.4. The monoisotopic (exact) mass is 356 g/mol. The molecule has 132 valence electrons. The van der Waals surface area contributed by atoms with Crippen molar-refractivity contribution in [3.63, 3.8) is 0 Å². The molecule has 0 aromatic rings. The first-order chi connectivity index (χ1) is 9.37. The standard InChI is InChI=1S/C9H7F11O2/c1-4(10)9(19,20)22-7(15,8(16,17)18)5(11,21-4)2-3-6(12,13)14/h2-3H2,1H3. The Morgan fingerprint density at radius 3 is 1.64 bits per heavy atom. The van der Waals surface area contributed by atoms with Gasteiger partial charge in [-0.3, -0.25) is 9.47 Å². The van der Waals surface area contributed by atoms with Gasteiger partial charge in [-0.15, -0.1) is 0 Å². The molecule has 0 spiro atoms. The first-order valence-electron chi connectivity index (χ1n) is 5.35. The maximum absolute atomic E-state index is 14.0. The third kappa shape index (κ3) is 3.09. The van der Waals surface area contributed by atoms with Crippen molar-refractivity contribution in [2.45, 2.75) is 55.8 Å². The van der Waals surface area contributed by atoms with Crippen LogP contribution in [0.15, 0.2) is 0 Å². The van der Waals surface area contributed by atoms with E-state index < -0.39 is 48.9 Å². The summed E-state index contributed by atoms with van der Waals surface area (Å²) in [5.74, 6) is -15.8. The Labute approximate surface area is 115 Å². The van der Waals surface area contributed by atoms with Crippen molar-refractivity contribution < 1.29 is 57.8 Å². The van der Waals surface area contributed by atoms with E-state index in [9.17, 15) is 48.3 Å². The lowest BCUT2D eigenvalue weighted by Gasteiger charge is -2.49. The van der Waals surface area contributed by atoms with Crippen molar-refractivity contribution in [3.8, 4) is 0 Å². The molecule has 1 fully saturated rings. The SMILES string of the molecule is CC1(F)OC(F)(CCC(F)(F)F)C(F)(C(F)(F)F)OC1(F)F. The molecule has 1 heterocycles. The first kappa shape index (κ1) is 19.2. The smallest absolute Gasteiger partial charge is 0.296 e. The third-order valence-electron chi connectivity index (χ3n) is 2.72. The highest BCUT2D eigenvalue weighted by Crippen LogP contribution is 2.58. The van der Waals surface area contributed by atoms with E-state index in [2.05, 4.69) is 9.47 Å². The van der Waals surface area contributed by atoms with Crippen LogP contribution >= 0.6 is 0 Å². The molecule has 0 N–H and O–H groups in total. The molecular weight excluding hydrogens is 349 g/mol. The molecule has 1 rings (SSSR count). The maximum atomic E-state index is 14.0. The molecule has 1 aliphatic heterocycles. The number of alkyl halides is 11. The number of halogens is 11. The largest absolute Gasteiger partial charge is 0.454 e. The lowest BCUT2D eigenvalue weighted by Crippen LogP contribution is -2.72. The summed E-state index contributed by atoms with van der Waals surface area (Å²) < 4.78 is 146. The van der Waals surface area contributed by atoms with Crippen LogP contribution in [0, 0.1) is 0 Å². The van der Waals surface area contributed by atoms with Gasteiger partial charge in [0.05, 0.1) is 0 Å². The summed E-state index contributed by atoms with van der Waals surface area (Å²) in [5, 5.41) is 0. The fourth-order valence-electron chi connectivity index (χ4n) is 1.56. The number of rotatable bonds is 2. The Balaban J connectivity index is 3.30. The normalized spacial score (nSPS) is 39.8. The van der Waals surface area contributed by atoms with E-state index in [0.29, 0.717) is 0 Å². The Kier molecular flexibility index (Phi) is 4.21. The van der Waals surface area contributed by atoms with Crippen molar-refractivity contribution in [3.05, 3.63) is 0 Å². The van der Waals surface area contributed by atoms with E-state index in [1.165, 1.54) is 0 Å². The summed E-state index contributed by atoms with van der Waals surface area (Å²) >= 11 is 0. The van der Waals surface area contributed by atoms with Crippen LogP contribution in [-0.2, 0) is 9.47 Å². The average molecular weight is 356 g/mol. The van der Waals surface area contributed by atoms with E-state index in [4.69, 9.17) is 0 Å². The number of ether oxygens (including phenoxy) is 2. The lowest BCUT2D eigenvalue weighted by molar-refractivity contribution is -0.570. The highest BCUT2D eigenvalue weighted by molar-refractivity contribution is 5.00. The molecule has 22 heavy (non-hydrogen) atoms.